The summed E-state index contributed by atoms with van der Waals surface area (Å²) in [7, 11) is -1.94. The predicted molar refractivity (Wildman–Crippen MR) is 109 cm³/mol. The minimum absolute atomic E-state index is 0.112. The molecule has 0 spiro atoms. The largest absolute Gasteiger partial charge is 0.355 e. The van der Waals surface area contributed by atoms with Crippen LogP contribution >= 0.6 is 0 Å². The lowest BCUT2D eigenvalue weighted by Gasteiger charge is -2.23. The highest BCUT2D eigenvalue weighted by atomic mass is 32.2. The summed E-state index contributed by atoms with van der Waals surface area (Å²) in [6.45, 7) is 2.42. The third-order valence-corrected chi connectivity index (χ3v) is 6.28. The third kappa shape index (κ3) is 4.14. The van der Waals surface area contributed by atoms with Crippen molar-refractivity contribution in [2.75, 3.05) is 22.8 Å². The fourth-order valence-corrected chi connectivity index (χ4v) is 4.35. The van der Waals surface area contributed by atoms with Crippen LogP contribution in [0.15, 0.2) is 77.8 Å². The molecule has 0 aliphatic rings. The van der Waals surface area contributed by atoms with Crippen LogP contribution in [-0.2, 0) is 16.6 Å². The van der Waals surface area contributed by atoms with Crippen LogP contribution in [0.4, 0.5) is 15.9 Å². The van der Waals surface area contributed by atoms with Gasteiger partial charge in [-0.05, 0) is 37.3 Å². The number of hydrogen-bond acceptors (Lipinski definition) is 4. The Morgan fingerprint density at radius 2 is 1.64 bits per heavy atom. The quantitative estimate of drug-likeness (QED) is 0.601. The maximum Gasteiger partial charge on any atom is 0.265 e. The van der Waals surface area contributed by atoms with Crippen LogP contribution in [-0.4, -0.2) is 27.0 Å². The van der Waals surface area contributed by atoms with Crippen LogP contribution in [0.25, 0.3) is 0 Å². The van der Waals surface area contributed by atoms with Gasteiger partial charge in [0.1, 0.15) is 16.5 Å². The summed E-state index contributed by atoms with van der Waals surface area (Å²) in [5, 5.41) is 0. The van der Waals surface area contributed by atoms with Gasteiger partial charge in [0.25, 0.3) is 10.0 Å². The van der Waals surface area contributed by atoms with Crippen molar-refractivity contribution in [1.29, 1.82) is 0 Å². The number of pyridine rings is 1. The first kappa shape index (κ1) is 19.8. The minimum atomic E-state index is -3.72. The summed E-state index contributed by atoms with van der Waals surface area (Å²) in [4.78, 5) is 6.16. The van der Waals surface area contributed by atoms with Crippen molar-refractivity contribution < 1.29 is 12.8 Å². The fraction of sp³-hybridized carbons (Fsp3) is 0.190. The fourth-order valence-electron chi connectivity index (χ4n) is 2.93. The molecule has 0 unspecified atom stereocenters. The normalized spacial score (nSPS) is 11.2. The second-order valence-corrected chi connectivity index (χ2v) is 8.17. The predicted octanol–water partition coefficient (Wildman–Crippen LogP) is 4.07. The van der Waals surface area contributed by atoms with Crippen LogP contribution in [0.1, 0.15) is 12.5 Å². The van der Waals surface area contributed by atoms with Crippen molar-refractivity contribution in [3.8, 4) is 0 Å². The maximum absolute atomic E-state index is 13.8. The van der Waals surface area contributed by atoms with Gasteiger partial charge in [-0.2, -0.15) is 0 Å². The molecule has 0 fully saturated rings. The lowest BCUT2D eigenvalue weighted by Crippen LogP contribution is -2.31. The van der Waals surface area contributed by atoms with Gasteiger partial charge >= 0.3 is 0 Å². The molecule has 0 atom stereocenters. The number of nitrogens with zero attached hydrogens (tertiary/aromatic N) is 3. The van der Waals surface area contributed by atoms with Gasteiger partial charge in [0.05, 0.1) is 5.69 Å². The Morgan fingerprint density at radius 3 is 2.25 bits per heavy atom. The molecule has 0 saturated heterocycles. The van der Waals surface area contributed by atoms with Gasteiger partial charge in [-0.1, -0.05) is 36.4 Å². The molecule has 5 nitrogen and oxygen atoms in total. The van der Waals surface area contributed by atoms with Gasteiger partial charge in [0.15, 0.2) is 0 Å². The molecule has 0 amide bonds. The van der Waals surface area contributed by atoms with E-state index in [1.807, 2.05) is 6.07 Å². The van der Waals surface area contributed by atoms with Gasteiger partial charge < -0.3 is 4.90 Å². The molecule has 3 rings (SSSR count). The number of sulfonamides is 1. The van der Waals surface area contributed by atoms with E-state index in [-0.39, 0.29) is 10.7 Å². The summed E-state index contributed by atoms with van der Waals surface area (Å²) < 4.78 is 41.2. The Morgan fingerprint density at radius 1 is 0.964 bits per heavy atom. The third-order valence-electron chi connectivity index (χ3n) is 4.40. The molecule has 7 heteroatoms. The van der Waals surface area contributed by atoms with Crippen LogP contribution in [0.3, 0.4) is 0 Å². The molecule has 2 aromatic carbocycles. The number of para-hydroxylation sites is 1. The van der Waals surface area contributed by atoms with E-state index < -0.39 is 10.0 Å². The topological polar surface area (TPSA) is 53.5 Å². The highest BCUT2D eigenvalue weighted by molar-refractivity contribution is 7.92. The second-order valence-electron chi connectivity index (χ2n) is 6.30. The number of hydrogen-bond donors (Lipinski definition) is 0. The average molecular weight is 399 g/mol. The zero-order valence-electron chi connectivity index (χ0n) is 15.8. The van der Waals surface area contributed by atoms with Gasteiger partial charge in [-0.3, -0.25) is 4.31 Å². The van der Waals surface area contributed by atoms with Gasteiger partial charge in [-0.25, -0.2) is 17.8 Å². The monoisotopic (exact) mass is 399 g/mol. The number of halogens is 1. The highest BCUT2D eigenvalue weighted by Gasteiger charge is 2.24. The summed E-state index contributed by atoms with van der Waals surface area (Å²) in [6.07, 6.45) is 1.34. The van der Waals surface area contributed by atoms with Crippen molar-refractivity contribution in [3.63, 3.8) is 0 Å². The zero-order valence-corrected chi connectivity index (χ0v) is 16.6. The van der Waals surface area contributed by atoms with Gasteiger partial charge in [-0.15, -0.1) is 0 Å². The second kappa shape index (κ2) is 8.39. The first-order valence-electron chi connectivity index (χ1n) is 8.92. The summed E-state index contributed by atoms with van der Waals surface area (Å²) >= 11 is 0. The molecule has 28 heavy (non-hydrogen) atoms. The molecule has 0 aliphatic heterocycles. The smallest absolute Gasteiger partial charge is 0.265 e. The standard InChI is InChI=1S/C21H22FN3O2S/c1-3-25(18-10-5-4-6-11-18)28(26,27)19-13-14-21(23-15-19)24(2)16-17-9-7-8-12-20(17)22/h4-15H,3,16H2,1-2H3. The Labute approximate surface area is 165 Å². The molecule has 1 heterocycles. The van der Waals surface area contributed by atoms with E-state index in [1.165, 1.54) is 22.6 Å². The molecule has 146 valence electrons. The molecule has 1 aromatic heterocycles. The Kier molecular flexibility index (Phi) is 5.94. The number of aromatic nitrogens is 1. The molecular formula is C21H22FN3O2S. The zero-order chi connectivity index (χ0) is 20.1. The number of rotatable bonds is 7. The van der Waals surface area contributed by atoms with Crippen molar-refractivity contribution in [2.24, 2.45) is 0 Å². The Hall–Kier alpha value is -2.93. The molecule has 3 aromatic rings. The minimum Gasteiger partial charge on any atom is -0.355 e. The van der Waals surface area contributed by atoms with Crippen LogP contribution in [0, 0.1) is 5.82 Å². The van der Waals surface area contributed by atoms with Crippen molar-refractivity contribution in [2.45, 2.75) is 18.4 Å². The summed E-state index contributed by atoms with van der Waals surface area (Å²) in [6, 6.07) is 18.6. The van der Waals surface area contributed by atoms with Crippen molar-refractivity contribution in [3.05, 3.63) is 84.3 Å². The van der Waals surface area contributed by atoms with E-state index in [2.05, 4.69) is 4.98 Å². The molecule has 0 bridgehead atoms. The maximum atomic E-state index is 13.8. The molecule has 0 radical (unpaired) electrons. The summed E-state index contributed by atoms with van der Waals surface area (Å²) in [5.41, 5.74) is 1.15. The van der Waals surface area contributed by atoms with Crippen LogP contribution < -0.4 is 9.21 Å². The number of benzene rings is 2. The first-order chi connectivity index (χ1) is 13.4. The van der Waals surface area contributed by atoms with Crippen molar-refractivity contribution in [1.82, 2.24) is 4.98 Å². The van der Waals surface area contributed by atoms with E-state index in [0.29, 0.717) is 30.2 Å². The molecular weight excluding hydrogens is 377 g/mol. The summed E-state index contributed by atoms with van der Waals surface area (Å²) in [5.74, 6) is 0.278. The first-order valence-corrected chi connectivity index (χ1v) is 10.4. The van der Waals surface area contributed by atoms with Gasteiger partial charge in [0, 0.05) is 31.9 Å². The molecule has 0 N–H and O–H groups in total. The van der Waals surface area contributed by atoms with Gasteiger partial charge in [0.2, 0.25) is 0 Å². The number of anilines is 2. The highest BCUT2D eigenvalue weighted by Crippen LogP contribution is 2.24. The SMILES string of the molecule is CCN(c1ccccc1)S(=O)(=O)c1ccc(N(C)Cc2ccccc2F)nc1. The van der Waals surface area contributed by atoms with E-state index in [9.17, 15) is 12.8 Å². The Bertz CT molecular complexity index is 1030. The van der Waals surface area contributed by atoms with Crippen LogP contribution in [0.5, 0.6) is 0 Å². The van der Waals surface area contributed by atoms with E-state index >= 15 is 0 Å². The van der Waals surface area contributed by atoms with E-state index in [4.69, 9.17) is 0 Å². The van der Waals surface area contributed by atoms with Crippen LogP contribution in [0.2, 0.25) is 0 Å². The average Bonchev–Trinajstić information content (AvgIpc) is 2.71. The Balaban J connectivity index is 1.82. The lowest BCUT2D eigenvalue weighted by molar-refractivity contribution is 0.591. The van der Waals surface area contributed by atoms with E-state index in [1.54, 1.807) is 67.4 Å². The molecule has 0 aliphatic carbocycles. The van der Waals surface area contributed by atoms with Crippen molar-refractivity contribution >= 4 is 21.5 Å². The molecule has 0 saturated carbocycles. The lowest BCUT2D eigenvalue weighted by atomic mass is 10.2. The van der Waals surface area contributed by atoms with E-state index in [0.717, 1.165) is 0 Å².